The van der Waals surface area contributed by atoms with Gasteiger partial charge in [0.25, 0.3) is 0 Å². The summed E-state index contributed by atoms with van der Waals surface area (Å²) in [6, 6.07) is 67.9. The Labute approximate surface area is 319 Å². The molecule has 2 heteroatoms. The van der Waals surface area contributed by atoms with Crippen molar-refractivity contribution < 1.29 is 0 Å². The van der Waals surface area contributed by atoms with E-state index in [1.165, 1.54) is 117 Å². The first-order chi connectivity index (χ1) is 26.7. The molecular formula is C52H30S2. The summed E-state index contributed by atoms with van der Waals surface area (Å²) in [5, 5.41) is 15.7. The molecule has 10 aromatic carbocycles. The van der Waals surface area contributed by atoms with Crippen LogP contribution >= 0.6 is 22.7 Å². The molecule has 0 aliphatic heterocycles. The van der Waals surface area contributed by atoms with E-state index >= 15 is 0 Å². The zero-order valence-electron chi connectivity index (χ0n) is 29.1. The van der Waals surface area contributed by atoms with Crippen molar-refractivity contribution in [1.29, 1.82) is 0 Å². The van der Waals surface area contributed by atoms with Crippen LogP contribution in [0.1, 0.15) is 0 Å². The molecule has 12 aromatic rings. The summed E-state index contributed by atoms with van der Waals surface area (Å²) in [6.07, 6.45) is 0. The van der Waals surface area contributed by atoms with E-state index in [-0.39, 0.29) is 0 Å². The molecule has 0 atom stereocenters. The lowest BCUT2D eigenvalue weighted by Gasteiger charge is -2.18. The number of hydrogen-bond donors (Lipinski definition) is 0. The van der Waals surface area contributed by atoms with Gasteiger partial charge in [-0.2, -0.15) is 0 Å². The third-order valence-corrected chi connectivity index (χ3v) is 13.8. The molecule has 12 rings (SSSR count). The van der Waals surface area contributed by atoms with Gasteiger partial charge in [0.2, 0.25) is 0 Å². The van der Waals surface area contributed by atoms with Gasteiger partial charge in [-0.1, -0.05) is 146 Å². The first kappa shape index (κ1) is 30.2. The largest absolute Gasteiger partial charge is 0.135 e. The van der Waals surface area contributed by atoms with Crippen LogP contribution in [-0.4, -0.2) is 0 Å². The Morgan fingerprint density at radius 1 is 0.241 bits per heavy atom. The third kappa shape index (κ3) is 4.48. The Hall–Kier alpha value is -6.32. The summed E-state index contributed by atoms with van der Waals surface area (Å²) in [5.74, 6) is 0. The fourth-order valence-corrected chi connectivity index (χ4v) is 11.2. The molecule has 0 aliphatic carbocycles. The molecule has 0 radical (unpaired) electrons. The molecule has 0 N–H and O–H groups in total. The van der Waals surface area contributed by atoms with Gasteiger partial charge in [0.1, 0.15) is 0 Å². The van der Waals surface area contributed by atoms with Gasteiger partial charge >= 0.3 is 0 Å². The summed E-state index contributed by atoms with van der Waals surface area (Å²) in [6.45, 7) is 0. The third-order valence-electron chi connectivity index (χ3n) is 11.4. The summed E-state index contributed by atoms with van der Waals surface area (Å²) in [4.78, 5) is 0. The van der Waals surface area contributed by atoms with E-state index < -0.39 is 0 Å². The topological polar surface area (TPSA) is 0 Å². The molecule has 0 unspecified atom stereocenters. The Morgan fingerprint density at radius 3 is 1.56 bits per heavy atom. The van der Waals surface area contributed by atoms with E-state index in [0.29, 0.717) is 0 Å². The second-order valence-corrected chi connectivity index (χ2v) is 16.5. The highest BCUT2D eigenvalue weighted by molar-refractivity contribution is 7.27. The number of rotatable bonds is 3. The highest BCUT2D eigenvalue weighted by Crippen LogP contribution is 2.46. The Bertz CT molecular complexity index is 3430. The van der Waals surface area contributed by atoms with Gasteiger partial charge in [0, 0.05) is 45.7 Å². The fraction of sp³-hybridized carbons (Fsp3) is 0. The zero-order chi connectivity index (χ0) is 35.3. The van der Waals surface area contributed by atoms with Crippen LogP contribution in [0.2, 0.25) is 0 Å². The Morgan fingerprint density at radius 2 is 0.796 bits per heavy atom. The van der Waals surface area contributed by atoms with Gasteiger partial charge in [0.15, 0.2) is 0 Å². The SMILES string of the molecule is c1ccc2cc(-c3c4ccccc4c(-c4ccc(-c5ccc6sc7cc8c(ccc9c%10ccccc%10sc89)cc7c6c5)cc4)c4ccccc34)ccc2c1. The molecule has 54 heavy (non-hydrogen) atoms. The maximum atomic E-state index is 2.43. The molecule has 0 fully saturated rings. The van der Waals surface area contributed by atoms with E-state index in [1.54, 1.807) is 0 Å². The Kier molecular flexibility index (Phi) is 6.48. The lowest BCUT2D eigenvalue weighted by molar-refractivity contribution is 1.63. The number of hydrogen-bond acceptors (Lipinski definition) is 2. The van der Waals surface area contributed by atoms with Crippen LogP contribution in [0.5, 0.6) is 0 Å². The average molecular weight is 719 g/mol. The molecule has 2 aromatic heterocycles. The van der Waals surface area contributed by atoms with Crippen LogP contribution in [-0.2, 0) is 0 Å². The van der Waals surface area contributed by atoms with Crippen LogP contribution < -0.4 is 0 Å². The predicted octanol–water partition coefficient (Wildman–Crippen LogP) is 16.0. The van der Waals surface area contributed by atoms with Crippen molar-refractivity contribution in [3.05, 3.63) is 182 Å². The lowest BCUT2D eigenvalue weighted by atomic mass is 9.85. The molecule has 0 nitrogen and oxygen atoms in total. The molecule has 0 saturated carbocycles. The number of fused-ring (bicyclic) bond motifs is 11. The van der Waals surface area contributed by atoms with Gasteiger partial charge in [-0.3, -0.25) is 0 Å². The predicted molar refractivity (Wildman–Crippen MR) is 239 cm³/mol. The van der Waals surface area contributed by atoms with Crippen molar-refractivity contribution in [2.45, 2.75) is 0 Å². The first-order valence-electron chi connectivity index (χ1n) is 18.5. The minimum Gasteiger partial charge on any atom is -0.135 e. The van der Waals surface area contributed by atoms with E-state index in [1.807, 2.05) is 22.7 Å². The quantitative estimate of drug-likeness (QED) is 0.160. The summed E-state index contributed by atoms with van der Waals surface area (Å²) < 4.78 is 5.42. The highest BCUT2D eigenvalue weighted by Gasteiger charge is 2.18. The van der Waals surface area contributed by atoms with Gasteiger partial charge in [-0.25, -0.2) is 0 Å². The molecule has 0 bridgehead atoms. The minimum atomic E-state index is 1.23. The van der Waals surface area contributed by atoms with Gasteiger partial charge in [0.05, 0.1) is 0 Å². The van der Waals surface area contributed by atoms with Gasteiger partial charge in [-0.05, 0) is 107 Å². The van der Waals surface area contributed by atoms with Crippen molar-refractivity contribution in [3.8, 4) is 33.4 Å². The van der Waals surface area contributed by atoms with Crippen molar-refractivity contribution in [2.75, 3.05) is 0 Å². The normalized spacial score (nSPS) is 12.1. The van der Waals surface area contributed by atoms with Gasteiger partial charge < -0.3 is 0 Å². The van der Waals surface area contributed by atoms with Crippen LogP contribution in [0, 0.1) is 0 Å². The van der Waals surface area contributed by atoms with E-state index in [2.05, 4.69) is 182 Å². The van der Waals surface area contributed by atoms with Crippen molar-refractivity contribution in [3.63, 3.8) is 0 Å². The smallest absolute Gasteiger partial charge is 0.0434 e. The van der Waals surface area contributed by atoms with E-state index in [4.69, 9.17) is 0 Å². The van der Waals surface area contributed by atoms with Crippen molar-refractivity contribution in [1.82, 2.24) is 0 Å². The maximum Gasteiger partial charge on any atom is 0.0434 e. The first-order valence-corrected chi connectivity index (χ1v) is 20.1. The van der Waals surface area contributed by atoms with Crippen LogP contribution in [0.3, 0.4) is 0 Å². The molecule has 0 aliphatic rings. The molecule has 0 spiro atoms. The summed E-state index contributed by atoms with van der Waals surface area (Å²) in [5.41, 5.74) is 7.54. The second-order valence-electron chi connectivity index (χ2n) is 14.4. The average Bonchev–Trinajstić information content (AvgIpc) is 3.79. The minimum absolute atomic E-state index is 1.23. The van der Waals surface area contributed by atoms with E-state index in [0.717, 1.165) is 0 Å². The standard InChI is InChI=1S/C52H30S2/c1-2-10-34-27-37(22-19-31(34)9-1)51-41-14-5-3-12-39(41)50(40-13-4-6-15-42(40)51)33-20-17-32(18-21-33)35-24-26-48-45(28-35)46-29-36-23-25-43-38-11-7-8-16-47(38)54-52(43)44(36)30-49(46)53-48/h1-30H. The number of thiophene rings is 2. The van der Waals surface area contributed by atoms with Gasteiger partial charge in [-0.15, -0.1) is 22.7 Å². The second kappa shape index (κ2) is 11.6. The van der Waals surface area contributed by atoms with E-state index in [9.17, 15) is 0 Å². The summed E-state index contributed by atoms with van der Waals surface area (Å²) in [7, 11) is 0. The van der Waals surface area contributed by atoms with Crippen molar-refractivity contribution >= 4 is 106 Å². The molecule has 250 valence electrons. The Balaban J connectivity index is 0.980. The molecule has 0 saturated heterocycles. The zero-order valence-corrected chi connectivity index (χ0v) is 30.8. The number of benzene rings is 10. The lowest BCUT2D eigenvalue weighted by Crippen LogP contribution is -1.91. The highest BCUT2D eigenvalue weighted by atomic mass is 32.1. The molecule has 2 heterocycles. The molecular weight excluding hydrogens is 689 g/mol. The van der Waals surface area contributed by atoms with Crippen molar-refractivity contribution in [2.24, 2.45) is 0 Å². The van der Waals surface area contributed by atoms with Crippen LogP contribution in [0.25, 0.3) is 117 Å². The monoisotopic (exact) mass is 718 g/mol. The van der Waals surface area contributed by atoms with Crippen LogP contribution in [0.4, 0.5) is 0 Å². The summed E-state index contributed by atoms with van der Waals surface area (Å²) >= 11 is 3.81. The molecule has 0 amide bonds. The maximum absolute atomic E-state index is 2.43. The van der Waals surface area contributed by atoms with Crippen LogP contribution in [0.15, 0.2) is 182 Å². The fourth-order valence-electron chi connectivity index (χ4n) is 8.88.